The number of aliphatic hydroxyl groups is 1. The standard InChI is InChI=1S/C12H9NO3/c14-7-11-4-5-12(16-11)9-2-1-3-10(6-9)13-8-15/h1-6,14H,7H2. The maximum atomic E-state index is 10.1. The Bertz CT molecular complexity index is 539. The minimum absolute atomic E-state index is 0.133. The molecule has 0 aliphatic rings. The normalized spacial score (nSPS) is 9.81. The molecule has 0 unspecified atom stereocenters. The lowest BCUT2D eigenvalue weighted by Gasteiger charge is -1.97. The van der Waals surface area contributed by atoms with Crippen molar-refractivity contribution in [1.29, 1.82) is 0 Å². The summed E-state index contributed by atoms with van der Waals surface area (Å²) in [5, 5.41) is 8.87. The van der Waals surface area contributed by atoms with E-state index in [9.17, 15) is 4.79 Å². The predicted octanol–water partition coefficient (Wildman–Crippen LogP) is 2.41. The molecule has 0 spiro atoms. The van der Waals surface area contributed by atoms with Gasteiger partial charge in [-0.1, -0.05) is 12.1 Å². The van der Waals surface area contributed by atoms with Crippen LogP contribution in [0.1, 0.15) is 5.76 Å². The fourth-order valence-electron chi connectivity index (χ4n) is 1.40. The van der Waals surface area contributed by atoms with E-state index in [-0.39, 0.29) is 6.61 Å². The summed E-state index contributed by atoms with van der Waals surface area (Å²) in [6, 6.07) is 10.5. The second-order valence-electron chi connectivity index (χ2n) is 3.18. The third-order valence-corrected chi connectivity index (χ3v) is 2.12. The number of hydrogen-bond donors (Lipinski definition) is 1. The molecular formula is C12H9NO3. The van der Waals surface area contributed by atoms with Crippen molar-refractivity contribution < 1.29 is 14.3 Å². The minimum Gasteiger partial charge on any atom is -0.459 e. The molecule has 1 N–H and O–H groups in total. The van der Waals surface area contributed by atoms with Gasteiger partial charge in [0.1, 0.15) is 18.1 Å². The Morgan fingerprint density at radius 1 is 1.31 bits per heavy atom. The molecule has 0 saturated heterocycles. The first-order valence-electron chi connectivity index (χ1n) is 4.71. The maximum Gasteiger partial charge on any atom is 0.240 e. The Kier molecular flexibility index (Phi) is 2.96. The summed E-state index contributed by atoms with van der Waals surface area (Å²) in [7, 11) is 0. The second kappa shape index (κ2) is 4.57. The first kappa shape index (κ1) is 10.4. The molecule has 4 heteroatoms. The van der Waals surface area contributed by atoms with Crippen molar-refractivity contribution in [1.82, 2.24) is 0 Å². The number of nitrogens with zero attached hydrogens (tertiary/aromatic N) is 1. The van der Waals surface area contributed by atoms with Crippen LogP contribution >= 0.6 is 0 Å². The zero-order valence-corrected chi connectivity index (χ0v) is 8.38. The second-order valence-corrected chi connectivity index (χ2v) is 3.18. The minimum atomic E-state index is -0.133. The van der Waals surface area contributed by atoms with Crippen LogP contribution in [-0.2, 0) is 11.4 Å². The van der Waals surface area contributed by atoms with Crippen molar-refractivity contribution in [3.05, 3.63) is 42.2 Å². The molecular weight excluding hydrogens is 206 g/mol. The smallest absolute Gasteiger partial charge is 0.240 e. The lowest BCUT2D eigenvalue weighted by Crippen LogP contribution is -1.75. The summed E-state index contributed by atoms with van der Waals surface area (Å²) < 4.78 is 5.36. The van der Waals surface area contributed by atoms with Crippen molar-refractivity contribution in [3.8, 4) is 11.3 Å². The summed E-state index contributed by atoms with van der Waals surface area (Å²) in [6.45, 7) is -0.133. The monoisotopic (exact) mass is 215 g/mol. The highest BCUT2D eigenvalue weighted by Gasteiger charge is 2.04. The molecule has 0 atom stereocenters. The zero-order valence-electron chi connectivity index (χ0n) is 8.38. The van der Waals surface area contributed by atoms with Crippen molar-refractivity contribution in [2.75, 3.05) is 0 Å². The highest BCUT2D eigenvalue weighted by atomic mass is 16.4. The SMILES string of the molecule is O=C=Nc1cccc(-c2ccc(CO)o2)c1. The lowest BCUT2D eigenvalue weighted by molar-refractivity contribution is 0.248. The highest BCUT2D eigenvalue weighted by Crippen LogP contribution is 2.25. The summed E-state index contributed by atoms with van der Waals surface area (Å²) in [5.74, 6) is 1.13. The van der Waals surface area contributed by atoms with E-state index in [1.54, 1.807) is 30.3 Å². The third kappa shape index (κ3) is 2.08. The van der Waals surface area contributed by atoms with Crippen LogP contribution in [0.3, 0.4) is 0 Å². The molecule has 0 aliphatic heterocycles. The number of aliphatic hydroxyl groups excluding tert-OH is 1. The van der Waals surface area contributed by atoms with Crippen molar-refractivity contribution in [2.45, 2.75) is 6.61 Å². The van der Waals surface area contributed by atoms with E-state index in [2.05, 4.69) is 4.99 Å². The maximum absolute atomic E-state index is 10.1. The van der Waals surface area contributed by atoms with Crippen molar-refractivity contribution >= 4 is 11.8 Å². The number of isocyanates is 1. The molecule has 0 radical (unpaired) electrons. The largest absolute Gasteiger partial charge is 0.459 e. The summed E-state index contributed by atoms with van der Waals surface area (Å²) in [4.78, 5) is 13.6. The Labute approximate surface area is 91.9 Å². The van der Waals surface area contributed by atoms with Crippen molar-refractivity contribution in [2.24, 2.45) is 4.99 Å². The van der Waals surface area contributed by atoms with Crippen LogP contribution in [-0.4, -0.2) is 11.2 Å². The number of hydrogen-bond acceptors (Lipinski definition) is 4. The number of aliphatic imine (C=N–C) groups is 1. The molecule has 0 bridgehead atoms. The van der Waals surface area contributed by atoms with Crippen LogP contribution in [0.2, 0.25) is 0 Å². The number of rotatable bonds is 3. The first-order valence-corrected chi connectivity index (χ1v) is 4.71. The van der Waals surface area contributed by atoms with Crippen molar-refractivity contribution in [3.63, 3.8) is 0 Å². The van der Waals surface area contributed by atoms with Crippen LogP contribution < -0.4 is 0 Å². The molecule has 0 fully saturated rings. The molecule has 16 heavy (non-hydrogen) atoms. The van der Waals surface area contributed by atoms with Gasteiger partial charge in [0.15, 0.2) is 0 Å². The Morgan fingerprint density at radius 3 is 2.88 bits per heavy atom. The van der Waals surface area contributed by atoms with Gasteiger partial charge in [-0.15, -0.1) is 0 Å². The molecule has 0 aliphatic carbocycles. The van der Waals surface area contributed by atoms with Gasteiger partial charge >= 0.3 is 0 Å². The van der Waals surface area contributed by atoms with E-state index in [1.165, 1.54) is 6.08 Å². The van der Waals surface area contributed by atoms with Gasteiger partial charge in [-0.05, 0) is 24.3 Å². The Balaban J connectivity index is 2.39. The van der Waals surface area contributed by atoms with Gasteiger partial charge in [0.05, 0.1) is 5.69 Å². The molecule has 2 rings (SSSR count). The molecule has 0 amide bonds. The van der Waals surface area contributed by atoms with Crippen LogP contribution in [0.15, 0.2) is 45.8 Å². The van der Waals surface area contributed by atoms with E-state index in [4.69, 9.17) is 9.52 Å². The van der Waals surface area contributed by atoms with Crippen LogP contribution in [0.25, 0.3) is 11.3 Å². The van der Waals surface area contributed by atoms with Gasteiger partial charge < -0.3 is 9.52 Å². The van der Waals surface area contributed by atoms with Crippen LogP contribution in [0.4, 0.5) is 5.69 Å². The first-order chi connectivity index (χ1) is 7.83. The lowest BCUT2D eigenvalue weighted by atomic mass is 10.1. The van der Waals surface area contributed by atoms with Gasteiger partial charge in [0, 0.05) is 5.56 Å². The van der Waals surface area contributed by atoms with E-state index in [0.717, 1.165) is 5.56 Å². The Hall–Kier alpha value is -2.16. The molecule has 4 nitrogen and oxygen atoms in total. The average Bonchev–Trinajstić information content (AvgIpc) is 2.78. The molecule has 1 heterocycles. The van der Waals surface area contributed by atoms with Gasteiger partial charge in [-0.25, -0.2) is 4.79 Å². The topological polar surface area (TPSA) is 62.8 Å². The van der Waals surface area contributed by atoms with E-state index in [0.29, 0.717) is 17.2 Å². The molecule has 0 saturated carbocycles. The Morgan fingerprint density at radius 2 is 2.19 bits per heavy atom. The molecule has 1 aromatic heterocycles. The fourth-order valence-corrected chi connectivity index (χ4v) is 1.40. The fraction of sp³-hybridized carbons (Fsp3) is 0.0833. The quantitative estimate of drug-likeness (QED) is 0.631. The third-order valence-electron chi connectivity index (χ3n) is 2.12. The summed E-state index contributed by atoms with van der Waals surface area (Å²) in [5.41, 5.74) is 1.32. The molecule has 80 valence electrons. The zero-order chi connectivity index (χ0) is 11.4. The number of furan rings is 1. The molecule has 1 aromatic carbocycles. The van der Waals surface area contributed by atoms with Gasteiger partial charge in [-0.2, -0.15) is 4.99 Å². The highest BCUT2D eigenvalue weighted by molar-refractivity contribution is 5.64. The van der Waals surface area contributed by atoms with Gasteiger partial charge in [0.25, 0.3) is 0 Å². The van der Waals surface area contributed by atoms with E-state index < -0.39 is 0 Å². The van der Waals surface area contributed by atoms with E-state index in [1.807, 2.05) is 6.07 Å². The molecule has 2 aromatic rings. The summed E-state index contributed by atoms with van der Waals surface area (Å²) in [6.07, 6.45) is 1.48. The van der Waals surface area contributed by atoms with Gasteiger partial charge in [0.2, 0.25) is 6.08 Å². The average molecular weight is 215 g/mol. The summed E-state index contributed by atoms with van der Waals surface area (Å²) >= 11 is 0. The number of benzene rings is 1. The predicted molar refractivity (Wildman–Crippen MR) is 57.8 cm³/mol. The number of carbonyl (C=O) groups excluding carboxylic acids is 1. The van der Waals surface area contributed by atoms with Gasteiger partial charge in [-0.3, -0.25) is 0 Å². The van der Waals surface area contributed by atoms with E-state index >= 15 is 0 Å². The van der Waals surface area contributed by atoms with Crippen LogP contribution in [0, 0.1) is 0 Å². The van der Waals surface area contributed by atoms with Crippen LogP contribution in [0.5, 0.6) is 0 Å².